The Balaban J connectivity index is 2.24. The zero-order valence-corrected chi connectivity index (χ0v) is 12.0. The quantitative estimate of drug-likeness (QED) is 0.883. The van der Waals surface area contributed by atoms with Gasteiger partial charge in [-0.05, 0) is 32.9 Å². The highest BCUT2D eigenvalue weighted by atomic mass is 16.2. The summed E-state index contributed by atoms with van der Waals surface area (Å²) in [4.78, 5) is 26.2. The molecule has 2 heterocycles. The molecule has 106 valence electrons. The Morgan fingerprint density at radius 1 is 1.45 bits per heavy atom. The van der Waals surface area contributed by atoms with Gasteiger partial charge in [0.2, 0.25) is 0 Å². The van der Waals surface area contributed by atoms with E-state index in [0.717, 1.165) is 17.0 Å². The number of carbonyl (C=O) groups is 1. The number of nitrogens with zero attached hydrogens (tertiary/aromatic N) is 2. The molecule has 0 bridgehead atoms. The average molecular weight is 274 g/mol. The van der Waals surface area contributed by atoms with Crippen LogP contribution in [0, 0.1) is 13.8 Å². The minimum atomic E-state index is -0.392. The van der Waals surface area contributed by atoms with E-state index in [4.69, 9.17) is 0 Å². The molecule has 0 saturated heterocycles. The lowest BCUT2D eigenvalue weighted by Gasteiger charge is -2.14. The number of hydrogen-bond donors (Lipinski definition) is 2. The summed E-state index contributed by atoms with van der Waals surface area (Å²) in [5, 5.41) is 7.16. The minimum Gasteiger partial charge on any atom is -0.345 e. The molecule has 0 radical (unpaired) electrons. The summed E-state index contributed by atoms with van der Waals surface area (Å²) < 4.78 is 1.78. The van der Waals surface area contributed by atoms with Crippen molar-refractivity contribution in [1.82, 2.24) is 20.1 Å². The number of rotatable bonds is 3. The number of pyridine rings is 1. The summed E-state index contributed by atoms with van der Waals surface area (Å²) in [7, 11) is 1.86. The SMILES string of the molecule is Cc1nn(C)c(C)c1C(C)NC(=O)c1ccc[nH]c1=O. The highest BCUT2D eigenvalue weighted by molar-refractivity contribution is 5.94. The molecule has 0 saturated carbocycles. The number of carbonyl (C=O) groups excluding carboxylic acids is 1. The number of nitrogens with one attached hydrogen (secondary N) is 2. The van der Waals surface area contributed by atoms with Crippen LogP contribution < -0.4 is 10.9 Å². The van der Waals surface area contributed by atoms with Crippen LogP contribution in [-0.2, 0) is 7.05 Å². The summed E-state index contributed by atoms with van der Waals surface area (Å²) in [5.74, 6) is -0.387. The maximum atomic E-state index is 12.1. The van der Waals surface area contributed by atoms with Crippen molar-refractivity contribution in [2.75, 3.05) is 0 Å². The van der Waals surface area contributed by atoms with Gasteiger partial charge in [0.15, 0.2) is 0 Å². The Kier molecular flexibility index (Phi) is 3.74. The van der Waals surface area contributed by atoms with Gasteiger partial charge >= 0.3 is 0 Å². The number of aryl methyl sites for hydroxylation is 2. The molecule has 6 nitrogen and oxygen atoms in total. The second-order valence-electron chi connectivity index (χ2n) is 4.82. The molecule has 2 aromatic heterocycles. The third-order valence-corrected chi connectivity index (χ3v) is 3.41. The molecule has 2 rings (SSSR count). The first-order chi connectivity index (χ1) is 9.41. The maximum Gasteiger partial charge on any atom is 0.260 e. The molecule has 0 fully saturated rings. The van der Waals surface area contributed by atoms with E-state index in [1.807, 2.05) is 27.8 Å². The summed E-state index contributed by atoms with van der Waals surface area (Å²) in [6.07, 6.45) is 1.50. The number of aromatic nitrogens is 3. The van der Waals surface area contributed by atoms with Crippen LogP contribution in [0.2, 0.25) is 0 Å². The van der Waals surface area contributed by atoms with Crippen LogP contribution in [0.25, 0.3) is 0 Å². The third-order valence-electron chi connectivity index (χ3n) is 3.41. The normalized spacial score (nSPS) is 12.2. The largest absolute Gasteiger partial charge is 0.345 e. The molecular weight excluding hydrogens is 256 g/mol. The van der Waals surface area contributed by atoms with Crippen molar-refractivity contribution in [1.29, 1.82) is 0 Å². The third kappa shape index (κ3) is 2.49. The maximum absolute atomic E-state index is 12.1. The van der Waals surface area contributed by atoms with Crippen LogP contribution in [0.4, 0.5) is 0 Å². The molecule has 2 aromatic rings. The smallest absolute Gasteiger partial charge is 0.260 e. The van der Waals surface area contributed by atoms with Crippen LogP contribution in [0.3, 0.4) is 0 Å². The van der Waals surface area contributed by atoms with Gasteiger partial charge in [-0.2, -0.15) is 5.10 Å². The molecule has 6 heteroatoms. The monoisotopic (exact) mass is 274 g/mol. The van der Waals surface area contributed by atoms with E-state index in [1.54, 1.807) is 10.7 Å². The van der Waals surface area contributed by atoms with Gasteiger partial charge in [0.1, 0.15) is 5.56 Å². The zero-order chi connectivity index (χ0) is 14.9. The lowest BCUT2D eigenvalue weighted by Crippen LogP contribution is -2.31. The number of H-pyrrole nitrogens is 1. The lowest BCUT2D eigenvalue weighted by atomic mass is 10.1. The van der Waals surface area contributed by atoms with E-state index in [1.165, 1.54) is 12.3 Å². The first-order valence-corrected chi connectivity index (χ1v) is 6.40. The fourth-order valence-corrected chi connectivity index (χ4v) is 2.36. The van der Waals surface area contributed by atoms with E-state index in [-0.39, 0.29) is 17.5 Å². The van der Waals surface area contributed by atoms with Gasteiger partial charge in [-0.3, -0.25) is 14.3 Å². The summed E-state index contributed by atoms with van der Waals surface area (Å²) in [6.45, 7) is 5.74. The lowest BCUT2D eigenvalue weighted by molar-refractivity contribution is 0.0938. The molecular formula is C14H18N4O2. The van der Waals surface area contributed by atoms with E-state index in [2.05, 4.69) is 15.4 Å². The molecule has 0 aliphatic heterocycles. The topological polar surface area (TPSA) is 79.8 Å². The van der Waals surface area contributed by atoms with Crippen molar-refractivity contribution >= 4 is 5.91 Å². The van der Waals surface area contributed by atoms with Crippen molar-refractivity contribution in [3.8, 4) is 0 Å². The molecule has 20 heavy (non-hydrogen) atoms. The van der Waals surface area contributed by atoms with Gasteiger partial charge in [0.25, 0.3) is 11.5 Å². The number of amides is 1. The summed E-state index contributed by atoms with van der Waals surface area (Å²) in [6, 6.07) is 2.92. The molecule has 1 amide bonds. The predicted molar refractivity (Wildman–Crippen MR) is 75.6 cm³/mol. The Hall–Kier alpha value is -2.37. The zero-order valence-electron chi connectivity index (χ0n) is 12.0. The Bertz CT molecular complexity index is 699. The molecule has 0 aliphatic carbocycles. The highest BCUT2D eigenvalue weighted by Gasteiger charge is 2.19. The van der Waals surface area contributed by atoms with Gasteiger partial charge in [-0.1, -0.05) is 0 Å². The van der Waals surface area contributed by atoms with Crippen molar-refractivity contribution in [2.45, 2.75) is 26.8 Å². The van der Waals surface area contributed by atoms with E-state index in [0.29, 0.717) is 0 Å². The molecule has 0 aromatic carbocycles. The fraction of sp³-hybridized carbons (Fsp3) is 0.357. The highest BCUT2D eigenvalue weighted by Crippen LogP contribution is 2.20. The van der Waals surface area contributed by atoms with Crippen molar-refractivity contribution in [2.24, 2.45) is 7.05 Å². The average Bonchev–Trinajstić information content (AvgIpc) is 2.63. The Morgan fingerprint density at radius 3 is 2.70 bits per heavy atom. The standard InChI is InChI=1S/C14H18N4O2/c1-8(12-9(2)17-18(4)10(12)3)16-14(20)11-6-5-7-15-13(11)19/h5-8H,1-4H3,(H,15,19)(H,16,20). The van der Waals surface area contributed by atoms with Crippen molar-refractivity contribution in [3.05, 3.63) is 51.2 Å². The van der Waals surface area contributed by atoms with Crippen LogP contribution in [0.15, 0.2) is 23.1 Å². The minimum absolute atomic E-state index is 0.110. The molecule has 2 N–H and O–H groups in total. The molecule has 0 spiro atoms. The van der Waals surface area contributed by atoms with E-state index < -0.39 is 5.56 Å². The van der Waals surface area contributed by atoms with Crippen molar-refractivity contribution in [3.63, 3.8) is 0 Å². The molecule has 0 aliphatic rings. The summed E-state index contributed by atoms with van der Waals surface area (Å²) in [5.41, 5.74) is 2.57. The first-order valence-electron chi connectivity index (χ1n) is 6.40. The van der Waals surface area contributed by atoms with Gasteiger partial charge in [0, 0.05) is 24.5 Å². The summed E-state index contributed by atoms with van der Waals surface area (Å²) >= 11 is 0. The van der Waals surface area contributed by atoms with Gasteiger partial charge in [-0.25, -0.2) is 0 Å². The van der Waals surface area contributed by atoms with Gasteiger partial charge in [0.05, 0.1) is 11.7 Å². The van der Waals surface area contributed by atoms with Crippen molar-refractivity contribution < 1.29 is 4.79 Å². The second-order valence-corrected chi connectivity index (χ2v) is 4.82. The number of aromatic amines is 1. The van der Waals surface area contributed by atoms with Gasteiger partial charge in [-0.15, -0.1) is 0 Å². The second kappa shape index (κ2) is 5.32. The Morgan fingerprint density at radius 2 is 2.15 bits per heavy atom. The van der Waals surface area contributed by atoms with E-state index in [9.17, 15) is 9.59 Å². The van der Waals surface area contributed by atoms with Crippen LogP contribution in [0.5, 0.6) is 0 Å². The van der Waals surface area contributed by atoms with Gasteiger partial charge < -0.3 is 10.3 Å². The molecule has 1 atom stereocenters. The van der Waals surface area contributed by atoms with E-state index >= 15 is 0 Å². The van der Waals surface area contributed by atoms with Crippen LogP contribution in [-0.4, -0.2) is 20.7 Å². The number of hydrogen-bond acceptors (Lipinski definition) is 3. The molecule has 1 unspecified atom stereocenters. The Labute approximate surface area is 116 Å². The van der Waals surface area contributed by atoms with Crippen LogP contribution >= 0.6 is 0 Å². The first kappa shape index (κ1) is 14.0. The fourth-order valence-electron chi connectivity index (χ4n) is 2.36. The predicted octanol–water partition coefficient (Wildman–Crippen LogP) is 1.22. The van der Waals surface area contributed by atoms with Crippen LogP contribution in [0.1, 0.15) is 40.3 Å².